The molecule has 0 saturated heterocycles. The number of ether oxygens (including phenoxy) is 1. The predicted octanol–water partition coefficient (Wildman–Crippen LogP) is 2.58. The number of anilines is 1. The molecule has 4 heteroatoms. The van der Waals surface area contributed by atoms with Crippen LogP contribution in [0.25, 0.3) is 0 Å². The molecule has 0 atom stereocenters. The highest BCUT2D eigenvalue weighted by Crippen LogP contribution is 2.59. The van der Waals surface area contributed by atoms with Crippen LogP contribution in [0.5, 0.6) is 0 Å². The standard InChI is InChI=1S/C16H25N3O/c1-20-3-2-14-7-15(17)19(18-14)16-8-11-4-12(9-16)6-13(5-11)10-16/h7,11-13H,2-6,8-10,17H2,1H3. The van der Waals surface area contributed by atoms with Gasteiger partial charge in [0.05, 0.1) is 17.8 Å². The third-order valence-electron chi connectivity index (χ3n) is 5.81. The number of aromatic nitrogens is 2. The van der Waals surface area contributed by atoms with E-state index in [1.54, 1.807) is 7.11 Å². The first-order chi connectivity index (χ1) is 9.68. The van der Waals surface area contributed by atoms with Gasteiger partial charge in [0.1, 0.15) is 5.82 Å². The van der Waals surface area contributed by atoms with Crippen molar-refractivity contribution in [1.82, 2.24) is 9.78 Å². The van der Waals surface area contributed by atoms with Crippen molar-refractivity contribution in [3.8, 4) is 0 Å². The third-order valence-corrected chi connectivity index (χ3v) is 5.81. The van der Waals surface area contributed by atoms with E-state index in [4.69, 9.17) is 15.6 Å². The van der Waals surface area contributed by atoms with E-state index < -0.39 is 0 Å². The van der Waals surface area contributed by atoms with E-state index in [1.165, 1.54) is 38.5 Å². The second-order valence-corrected chi connectivity index (χ2v) is 7.36. The third kappa shape index (κ3) is 1.88. The van der Waals surface area contributed by atoms with Crippen LogP contribution in [0, 0.1) is 17.8 Å². The van der Waals surface area contributed by atoms with Gasteiger partial charge in [0.15, 0.2) is 0 Å². The van der Waals surface area contributed by atoms with Crippen LogP contribution in [0.4, 0.5) is 5.82 Å². The maximum atomic E-state index is 6.29. The van der Waals surface area contributed by atoms with Crippen LogP contribution in [0.3, 0.4) is 0 Å². The van der Waals surface area contributed by atoms with Crippen LogP contribution in [-0.4, -0.2) is 23.5 Å². The largest absolute Gasteiger partial charge is 0.384 e. The van der Waals surface area contributed by atoms with Gasteiger partial charge in [-0.05, 0) is 56.3 Å². The molecule has 1 aromatic heterocycles. The van der Waals surface area contributed by atoms with Crippen LogP contribution in [-0.2, 0) is 16.7 Å². The average Bonchev–Trinajstić information content (AvgIpc) is 2.77. The highest BCUT2D eigenvalue weighted by atomic mass is 16.5. The first-order valence-electron chi connectivity index (χ1n) is 8.02. The number of nitrogen functional groups attached to an aromatic ring is 1. The van der Waals surface area contributed by atoms with Gasteiger partial charge in [-0.15, -0.1) is 0 Å². The zero-order valence-corrected chi connectivity index (χ0v) is 12.3. The summed E-state index contributed by atoms with van der Waals surface area (Å²) in [7, 11) is 1.74. The van der Waals surface area contributed by atoms with Crippen LogP contribution in [0.2, 0.25) is 0 Å². The van der Waals surface area contributed by atoms with Gasteiger partial charge in [-0.25, -0.2) is 4.68 Å². The Hall–Kier alpha value is -1.03. The quantitative estimate of drug-likeness (QED) is 0.919. The van der Waals surface area contributed by atoms with Crippen molar-refractivity contribution in [3.05, 3.63) is 11.8 Å². The molecule has 1 heterocycles. The molecule has 4 aliphatic carbocycles. The van der Waals surface area contributed by atoms with Gasteiger partial charge >= 0.3 is 0 Å². The predicted molar refractivity (Wildman–Crippen MR) is 78.4 cm³/mol. The van der Waals surface area contributed by atoms with Crippen molar-refractivity contribution in [2.45, 2.75) is 50.5 Å². The molecule has 0 aromatic carbocycles. The van der Waals surface area contributed by atoms with Gasteiger partial charge in [-0.2, -0.15) is 5.10 Å². The van der Waals surface area contributed by atoms with Crippen molar-refractivity contribution in [2.75, 3.05) is 19.5 Å². The molecule has 0 spiro atoms. The first kappa shape index (κ1) is 12.7. The summed E-state index contributed by atoms with van der Waals surface area (Å²) in [5.41, 5.74) is 7.62. The number of methoxy groups -OCH3 is 1. The minimum Gasteiger partial charge on any atom is -0.384 e. The molecule has 4 aliphatic rings. The molecule has 5 rings (SSSR count). The van der Waals surface area contributed by atoms with Gasteiger partial charge in [0.25, 0.3) is 0 Å². The zero-order chi connectivity index (χ0) is 13.7. The number of nitrogens with zero attached hydrogens (tertiary/aromatic N) is 2. The number of hydrogen-bond donors (Lipinski definition) is 1. The summed E-state index contributed by atoms with van der Waals surface area (Å²) in [4.78, 5) is 0. The van der Waals surface area contributed by atoms with E-state index in [2.05, 4.69) is 10.7 Å². The lowest BCUT2D eigenvalue weighted by Crippen LogP contribution is -2.52. The summed E-state index contributed by atoms with van der Waals surface area (Å²) in [6.45, 7) is 0.720. The maximum absolute atomic E-state index is 6.29. The highest BCUT2D eigenvalue weighted by Gasteiger charge is 2.52. The Labute approximate surface area is 120 Å². The first-order valence-corrected chi connectivity index (χ1v) is 8.02. The normalized spacial score (nSPS) is 38.5. The lowest BCUT2D eigenvalue weighted by Gasteiger charge is -2.56. The molecule has 0 aliphatic heterocycles. The fourth-order valence-electron chi connectivity index (χ4n) is 5.48. The molecule has 0 unspecified atom stereocenters. The second kappa shape index (κ2) is 4.48. The number of nitrogens with two attached hydrogens (primary N) is 1. The number of rotatable bonds is 4. The smallest absolute Gasteiger partial charge is 0.122 e. The van der Waals surface area contributed by atoms with Crippen LogP contribution >= 0.6 is 0 Å². The van der Waals surface area contributed by atoms with Crippen molar-refractivity contribution in [2.24, 2.45) is 17.8 Å². The zero-order valence-electron chi connectivity index (χ0n) is 12.3. The van der Waals surface area contributed by atoms with Crippen molar-refractivity contribution in [3.63, 3.8) is 0 Å². The Morgan fingerprint density at radius 3 is 2.40 bits per heavy atom. The molecule has 4 fully saturated rings. The lowest BCUT2D eigenvalue weighted by atomic mass is 9.53. The van der Waals surface area contributed by atoms with E-state index in [0.29, 0.717) is 0 Å². The van der Waals surface area contributed by atoms with Crippen molar-refractivity contribution in [1.29, 1.82) is 0 Å². The van der Waals surface area contributed by atoms with Crippen LogP contribution < -0.4 is 5.73 Å². The average molecular weight is 275 g/mol. The Morgan fingerprint density at radius 1 is 1.25 bits per heavy atom. The molecular formula is C16H25N3O. The molecule has 1 aromatic rings. The summed E-state index contributed by atoms with van der Waals surface area (Å²) in [6.07, 6.45) is 9.13. The SMILES string of the molecule is COCCc1cc(N)n(C23CC4CC(CC(C4)C2)C3)n1. The second-order valence-electron chi connectivity index (χ2n) is 7.36. The van der Waals surface area contributed by atoms with E-state index >= 15 is 0 Å². The van der Waals surface area contributed by atoms with Crippen LogP contribution in [0.15, 0.2) is 6.07 Å². The van der Waals surface area contributed by atoms with E-state index in [-0.39, 0.29) is 5.54 Å². The Morgan fingerprint density at radius 2 is 1.85 bits per heavy atom. The minimum absolute atomic E-state index is 0.240. The molecule has 4 nitrogen and oxygen atoms in total. The fourth-order valence-corrected chi connectivity index (χ4v) is 5.48. The maximum Gasteiger partial charge on any atom is 0.122 e. The van der Waals surface area contributed by atoms with Gasteiger partial charge < -0.3 is 10.5 Å². The minimum atomic E-state index is 0.240. The Balaban J connectivity index is 1.65. The van der Waals surface area contributed by atoms with Crippen molar-refractivity contribution >= 4 is 5.82 Å². The van der Waals surface area contributed by atoms with Crippen molar-refractivity contribution < 1.29 is 4.74 Å². The molecule has 2 N–H and O–H groups in total. The Bertz CT molecular complexity index is 473. The molecule has 0 radical (unpaired) electrons. The Kier molecular flexibility index (Phi) is 2.85. The summed E-state index contributed by atoms with van der Waals surface area (Å²) in [6, 6.07) is 2.05. The van der Waals surface area contributed by atoms with E-state index in [9.17, 15) is 0 Å². The lowest BCUT2D eigenvalue weighted by molar-refractivity contribution is -0.0483. The molecular weight excluding hydrogens is 250 g/mol. The monoisotopic (exact) mass is 275 g/mol. The van der Waals surface area contributed by atoms with Gasteiger partial charge in [-0.3, -0.25) is 0 Å². The van der Waals surface area contributed by atoms with E-state index in [0.717, 1.165) is 42.3 Å². The topological polar surface area (TPSA) is 53.1 Å². The number of hydrogen-bond acceptors (Lipinski definition) is 3. The molecule has 0 amide bonds. The molecule has 110 valence electrons. The van der Waals surface area contributed by atoms with Gasteiger partial charge in [-0.1, -0.05) is 0 Å². The fraction of sp³-hybridized carbons (Fsp3) is 0.812. The summed E-state index contributed by atoms with van der Waals surface area (Å²) < 4.78 is 7.35. The van der Waals surface area contributed by atoms with E-state index in [1.807, 2.05) is 0 Å². The van der Waals surface area contributed by atoms with Crippen LogP contribution in [0.1, 0.15) is 44.2 Å². The molecule has 4 bridgehead atoms. The molecule has 20 heavy (non-hydrogen) atoms. The summed E-state index contributed by atoms with van der Waals surface area (Å²) in [5.74, 6) is 3.63. The van der Waals surface area contributed by atoms with Gasteiger partial charge in [0.2, 0.25) is 0 Å². The summed E-state index contributed by atoms with van der Waals surface area (Å²) >= 11 is 0. The highest BCUT2D eigenvalue weighted by molar-refractivity contribution is 5.33. The van der Waals surface area contributed by atoms with Gasteiger partial charge in [0, 0.05) is 19.6 Å². The molecule has 4 saturated carbocycles. The summed E-state index contributed by atoms with van der Waals surface area (Å²) in [5, 5.41) is 4.85.